The van der Waals surface area contributed by atoms with Crippen LogP contribution in [0.25, 0.3) is 0 Å². The van der Waals surface area contributed by atoms with E-state index in [-0.39, 0.29) is 5.02 Å². The van der Waals surface area contributed by atoms with Crippen LogP contribution in [-0.2, 0) is 0 Å². The number of halogens is 2. The van der Waals surface area contributed by atoms with Gasteiger partial charge in [0.2, 0.25) is 0 Å². The molecule has 0 bridgehead atoms. The first-order chi connectivity index (χ1) is 11.1. The maximum atomic E-state index is 13.2. The monoisotopic (exact) mass is 335 g/mol. The largest absolute Gasteiger partial charge is 0.367 e. The second kappa shape index (κ2) is 7.10. The van der Waals surface area contributed by atoms with Crippen molar-refractivity contribution in [1.29, 1.82) is 0 Å². The average Bonchev–Trinajstić information content (AvgIpc) is 2.54. The molecule has 0 saturated heterocycles. The van der Waals surface area contributed by atoms with Crippen LogP contribution in [0.4, 0.5) is 21.7 Å². The fourth-order valence-corrected chi connectivity index (χ4v) is 2.88. The SMILES string of the molecule is N[C@H]1CC[C@H](Nc2cc(Nc3ccc(F)c(Cl)c3)ncn2)CC1. The minimum Gasteiger partial charge on any atom is -0.367 e. The summed E-state index contributed by atoms with van der Waals surface area (Å²) in [5, 5.41) is 6.58. The van der Waals surface area contributed by atoms with Gasteiger partial charge >= 0.3 is 0 Å². The number of nitrogens with one attached hydrogen (secondary N) is 2. The van der Waals surface area contributed by atoms with Crippen LogP contribution in [0, 0.1) is 5.82 Å². The molecule has 1 heterocycles. The van der Waals surface area contributed by atoms with E-state index in [4.69, 9.17) is 17.3 Å². The Kier molecular flexibility index (Phi) is 4.93. The van der Waals surface area contributed by atoms with Crippen LogP contribution in [0.15, 0.2) is 30.6 Å². The summed E-state index contributed by atoms with van der Waals surface area (Å²) in [5.41, 5.74) is 6.59. The topological polar surface area (TPSA) is 75.9 Å². The van der Waals surface area contributed by atoms with Crippen LogP contribution in [0.2, 0.25) is 5.02 Å². The van der Waals surface area contributed by atoms with Crippen molar-refractivity contribution in [2.24, 2.45) is 5.73 Å². The number of benzene rings is 1. The van der Waals surface area contributed by atoms with Gasteiger partial charge in [-0.25, -0.2) is 14.4 Å². The Balaban J connectivity index is 1.66. The molecule has 4 N–H and O–H groups in total. The molecule has 0 spiro atoms. The number of aromatic nitrogens is 2. The van der Waals surface area contributed by atoms with E-state index >= 15 is 0 Å². The van der Waals surface area contributed by atoms with Crippen molar-refractivity contribution in [3.63, 3.8) is 0 Å². The van der Waals surface area contributed by atoms with Crippen molar-refractivity contribution in [3.8, 4) is 0 Å². The molecule has 1 saturated carbocycles. The zero-order valence-corrected chi connectivity index (χ0v) is 13.4. The molecule has 2 aromatic rings. The minimum atomic E-state index is -0.447. The van der Waals surface area contributed by atoms with Gasteiger partial charge in [-0.1, -0.05) is 11.6 Å². The number of anilines is 3. The van der Waals surface area contributed by atoms with E-state index < -0.39 is 5.82 Å². The van der Waals surface area contributed by atoms with Gasteiger partial charge in [-0.15, -0.1) is 0 Å². The molecule has 5 nitrogen and oxygen atoms in total. The number of nitrogens with zero attached hydrogens (tertiary/aromatic N) is 2. The van der Waals surface area contributed by atoms with Crippen LogP contribution in [0.3, 0.4) is 0 Å². The molecular weight excluding hydrogens is 317 g/mol. The smallest absolute Gasteiger partial charge is 0.141 e. The summed E-state index contributed by atoms with van der Waals surface area (Å²) < 4.78 is 13.2. The van der Waals surface area contributed by atoms with Gasteiger partial charge < -0.3 is 16.4 Å². The summed E-state index contributed by atoms with van der Waals surface area (Å²) in [4.78, 5) is 8.42. The predicted octanol–water partition coefficient (Wildman–Crippen LogP) is 3.69. The van der Waals surface area contributed by atoms with Crippen LogP contribution >= 0.6 is 11.6 Å². The van der Waals surface area contributed by atoms with E-state index in [0.29, 0.717) is 23.6 Å². The van der Waals surface area contributed by atoms with Crippen molar-refractivity contribution >= 4 is 28.9 Å². The molecule has 1 aliphatic carbocycles. The van der Waals surface area contributed by atoms with Gasteiger partial charge in [0, 0.05) is 23.8 Å². The van der Waals surface area contributed by atoms with Crippen LogP contribution in [0.5, 0.6) is 0 Å². The number of rotatable bonds is 4. The zero-order valence-electron chi connectivity index (χ0n) is 12.6. The molecular formula is C16H19ClFN5. The highest BCUT2D eigenvalue weighted by atomic mass is 35.5. The quantitative estimate of drug-likeness (QED) is 0.794. The Labute approximate surface area is 139 Å². The highest BCUT2D eigenvalue weighted by Crippen LogP contribution is 2.24. The molecule has 1 aromatic heterocycles. The molecule has 3 rings (SSSR count). The third kappa shape index (κ3) is 4.30. The first-order valence-electron chi connectivity index (χ1n) is 7.66. The van der Waals surface area contributed by atoms with E-state index in [0.717, 1.165) is 31.5 Å². The van der Waals surface area contributed by atoms with Crippen LogP contribution in [0.1, 0.15) is 25.7 Å². The van der Waals surface area contributed by atoms with E-state index in [2.05, 4.69) is 20.6 Å². The van der Waals surface area contributed by atoms with Gasteiger partial charge in [-0.05, 0) is 43.9 Å². The summed E-state index contributed by atoms with van der Waals surface area (Å²) in [6.45, 7) is 0. The lowest BCUT2D eigenvalue weighted by Gasteiger charge is -2.27. The summed E-state index contributed by atoms with van der Waals surface area (Å²) in [6, 6.07) is 6.98. The fraction of sp³-hybridized carbons (Fsp3) is 0.375. The summed E-state index contributed by atoms with van der Waals surface area (Å²) in [6.07, 6.45) is 5.64. The molecule has 23 heavy (non-hydrogen) atoms. The number of nitrogens with two attached hydrogens (primary N) is 1. The normalized spacial score (nSPS) is 21.0. The van der Waals surface area contributed by atoms with Gasteiger partial charge in [0.1, 0.15) is 23.8 Å². The van der Waals surface area contributed by atoms with Crippen molar-refractivity contribution in [2.45, 2.75) is 37.8 Å². The minimum absolute atomic E-state index is 0.0703. The molecule has 7 heteroatoms. The van der Waals surface area contributed by atoms with E-state index in [1.54, 1.807) is 6.07 Å². The Bertz CT molecular complexity index is 673. The number of hydrogen-bond acceptors (Lipinski definition) is 5. The Morgan fingerprint density at radius 1 is 1.09 bits per heavy atom. The van der Waals surface area contributed by atoms with Crippen molar-refractivity contribution in [1.82, 2.24) is 9.97 Å². The van der Waals surface area contributed by atoms with Gasteiger partial charge in [0.15, 0.2) is 0 Å². The first-order valence-corrected chi connectivity index (χ1v) is 8.04. The molecule has 1 fully saturated rings. The maximum Gasteiger partial charge on any atom is 0.141 e. The fourth-order valence-electron chi connectivity index (χ4n) is 2.70. The third-order valence-corrected chi connectivity index (χ3v) is 4.27. The van der Waals surface area contributed by atoms with Crippen LogP contribution < -0.4 is 16.4 Å². The summed E-state index contributed by atoms with van der Waals surface area (Å²) in [5.74, 6) is 0.937. The van der Waals surface area contributed by atoms with Gasteiger partial charge in [-0.3, -0.25) is 0 Å². The molecule has 1 aliphatic rings. The lowest BCUT2D eigenvalue weighted by Crippen LogP contribution is -2.33. The Morgan fingerprint density at radius 2 is 1.83 bits per heavy atom. The summed E-state index contributed by atoms with van der Waals surface area (Å²) in [7, 11) is 0. The van der Waals surface area contributed by atoms with E-state index in [9.17, 15) is 4.39 Å². The summed E-state index contributed by atoms with van der Waals surface area (Å²) >= 11 is 5.78. The Hall–Kier alpha value is -1.92. The standard InChI is InChI=1S/C16H19ClFN5/c17-13-7-12(5-6-14(13)18)23-16-8-15(20-9-21-16)22-11-3-1-10(19)2-4-11/h5-11H,1-4,19H2,(H2,20,21,22,23)/t10-,11-. The zero-order chi connectivity index (χ0) is 16.2. The van der Waals surface area contributed by atoms with Gasteiger partial charge in [-0.2, -0.15) is 0 Å². The molecule has 0 amide bonds. The Morgan fingerprint density at radius 3 is 2.57 bits per heavy atom. The third-order valence-electron chi connectivity index (χ3n) is 3.98. The second-order valence-electron chi connectivity index (χ2n) is 5.80. The second-order valence-corrected chi connectivity index (χ2v) is 6.21. The first kappa shape index (κ1) is 16.0. The maximum absolute atomic E-state index is 13.2. The predicted molar refractivity (Wildman–Crippen MR) is 90.6 cm³/mol. The van der Waals surface area contributed by atoms with E-state index in [1.807, 2.05) is 6.07 Å². The highest BCUT2D eigenvalue weighted by Gasteiger charge is 2.18. The van der Waals surface area contributed by atoms with Crippen molar-refractivity contribution in [2.75, 3.05) is 10.6 Å². The van der Waals surface area contributed by atoms with Crippen LogP contribution in [-0.4, -0.2) is 22.1 Å². The lowest BCUT2D eigenvalue weighted by atomic mass is 9.92. The molecule has 0 radical (unpaired) electrons. The molecule has 0 atom stereocenters. The van der Waals surface area contributed by atoms with Gasteiger partial charge in [0.25, 0.3) is 0 Å². The molecule has 122 valence electrons. The molecule has 0 aliphatic heterocycles. The van der Waals surface area contributed by atoms with Crippen molar-refractivity contribution < 1.29 is 4.39 Å². The molecule has 0 unspecified atom stereocenters. The van der Waals surface area contributed by atoms with Gasteiger partial charge in [0.05, 0.1) is 5.02 Å². The number of hydrogen-bond donors (Lipinski definition) is 3. The van der Waals surface area contributed by atoms with Crippen molar-refractivity contribution in [3.05, 3.63) is 41.4 Å². The molecule has 1 aromatic carbocycles. The lowest BCUT2D eigenvalue weighted by molar-refractivity contribution is 0.410. The highest BCUT2D eigenvalue weighted by molar-refractivity contribution is 6.31. The van der Waals surface area contributed by atoms with E-state index in [1.165, 1.54) is 18.5 Å². The average molecular weight is 336 g/mol.